The van der Waals surface area contributed by atoms with Crippen LogP contribution in [0, 0.1) is 11.7 Å². The van der Waals surface area contributed by atoms with E-state index in [9.17, 15) is 4.39 Å². The molecule has 0 bridgehead atoms. The summed E-state index contributed by atoms with van der Waals surface area (Å²) in [5.74, 6) is 0.890. The molecule has 0 aliphatic carbocycles. The minimum absolute atomic E-state index is 0. The highest BCUT2D eigenvalue weighted by Crippen LogP contribution is 2.37. The Balaban J connectivity index is 0.00000220. The fourth-order valence-corrected chi connectivity index (χ4v) is 2.99. The molecule has 1 aromatic carbocycles. The van der Waals surface area contributed by atoms with Crippen molar-refractivity contribution in [3.05, 3.63) is 29.6 Å². The maximum atomic E-state index is 14.4. The van der Waals surface area contributed by atoms with Gasteiger partial charge in [0.2, 0.25) is 0 Å². The zero-order valence-corrected chi connectivity index (χ0v) is 15.1. The number of rotatable bonds is 5. The molecule has 0 radical (unpaired) electrons. The van der Waals surface area contributed by atoms with E-state index in [1.165, 1.54) is 6.07 Å². The lowest BCUT2D eigenvalue weighted by Crippen LogP contribution is -2.46. The minimum Gasteiger partial charge on any atom is -0.496 e. The van der Waals surface area contributed by atoms with Gasteiger partial charge in [0.05, 0.1) is 7.11 Å². The Morgan fingerprint density at radius 2 is 1.91 bits per heavy atom. The lowest BCUT2D eigenvalue weighted by atomic mass is 9.89. The topological polar surface area (TPSA) is 24.5 Å². The summed E-state index contributed by atoms with van der Waals surface area (Å²) in [6.07, 6.45) is 1.02. The van der Waals surface area contributed by atoms with E-state index in [1.807, 2.05) is 6.07 Å². The molecule has 0 amide bonds. The highest BCUT2D eigenvalue weighted by atomic mass is 35.5. The van der Waals surface area contributed by atoms with E-state index in [-0.39, 0.29) is 36.7 Å². The fraction of sp³-hybridized carbons (Fsp3) is 0.625. The van der Waals surface area contributed by atoms with Crippen LogP contribution < -0.4 is 10.1 Å². The molecule has 6 heteroatoms. The molecule has 2 atom stereocenters. The Morgan fingerprint density at radius 3 is 2.45 bits per heavy atom. The molecular weight excluding hydrogens is 326 g/mol. The van der Waals surface area contributed by atoms with Crippen LogP contribution in [0.15, 0.2) is 18.2 Å². The van der Waals surface area contributed by atoms with E-state index >= 15 is 0 Å². The number of ether oxygens (including phenoxy) is 1. The van der Waals surface area contributed by atoms with Crippen LogP contribution in [0.2, 0.25) is 0 Å². The predicted octanol–water partition coefficient (Wildman–Crippen LogP) is 3.67. The molecule has 0 aromatic heterocycles. The SMILES string of the molecule is CCC(C)[C@H](c1c(F)cccc1OC)N1CCNCC1.Cl.Cl. The van der Waals surface area contributed by atoms with Crippen LogP contribution in [-0.4, -0.2) is 38.2 Å². The van der Waals surface area contributed by atoms with Crippen LogP contribution in [0.4, 0.5) is 4.39 Å². The van der Waals surface area contributed by atoms with Gasteiger partial charge in [0.15, 0.2) is 0 Å². The molecule has 1 aliphatic heterocycles. The first kappa shape index (κ1) is 21.4. The summed E-state index contributed by atoms with van der Waals surface area (Å²) < 4.78 is 19.8. The van der Waals surface area contributed by atoms with Crippen LogP contribution in [0.5, 0.6) is 5.75 Å². The largest absolute Gasteiger partial charge is 0.496 e. The molecule has 2 rings (SSSR count). The summed E-state index contributed by atoms with van der Waals surface area (Å²) in [5, 5.41) is 3.35. The van der Waals surface area contributed by atoms with Gasteiger partial charge in [-0.2, -0.15) is 0 Å². The Morgan fingerprint density at radius 1 is 1.27 bits per heavy atom. The number of hydrogen-bond donors (Lipinski definition) is 1. The van der Waals surface area contributed by atoms with Gasteiger partial charge in [0.25, 0.3) is 0 Å². The maximum absolute atomic E-state index is 14.4. The molecule has 1 heterocycles. The second-order valence-electron chi connectivity index (χ2n) is 5.47. The molecule has 1 saturated heterocycles. The van der Waals surface area contributed by atoms with E-state index in [0.29, 0.717) is 17.2 Å². The molecule has 1 aliphatic rings. The number of halogens is 3. The molecule has 3 nitrogen and oxygen atoms in total. The van der Waals surface area contributed by atoms with Gasteiger partial charge in [-0.1, -0.05) is 26.3 Å². The van der Waals surface area contributed by atoms with Crippen LogP contribution >= 0.6 is 24.8 Å². The van der Waals surface area contributed by atoms with Crippen molar-refractivity contribution in [3.8, 4) is 5.75 Å². The summed E-state index contributed by atoms with van der Waals surface area (Å²) in [6, 6.07) is 5.19. The molecule has 1 N–H and O–H groups in total. The minimum atomic E-state index is -0.159. The second-order valence-corrected chi connectivity index (χ2v) is 5.47. The highest BCUT2D eigenvalue weighted by molar-refractivity contribution is 5.85. The smallest absolute Gasteiger partial charge is 0.131 e. The second kappa shape index (κ2) is 10.3. The van der Waals surface area contributed by atoms with Crippen molar-refractivity contribution in [3.63, 3.8) is 0 Å². The molecule has 0 saturated carbocycles. The lowest BCUT2D eigenvalue weighted by Gasteiger charge is -2.39. The van der Waals surface area contributed by atoms with Gasteiger partial charge in [-0.25, -0.2) is 4.39 Å². The fourth-order valence-electron chi connectivity index (χ4n) is 2.99. The van der Waals surface area contributed by atoms with Crippen molar-refractivity contribution < 1.29 is 9.13 Å². The van der Waals surface area contributed by atoms with Crippen molar-refractivity contribution in [1.29, 1.82) is 0 Å². The Hall–Kier alpha value is -0.550. The van der Waals surface area contributed by atoms with E-state index in [4.69, 9.17) is 4.74 Å². The van der Waals surface area contributed by atoms with Crippen molar-refractivity contribution in [2.24, 2.45) is 5.92 Å². The number of benzene rings is 1. The number of piperazine rings is 1. The summed E-state index contributed by atoms with van der Waals surface area (Å²) in [4.78, 5) is 2.38. The predicted molar refractivity (Wildman–Crippen MR) is 94.1 cm³/mol. The average Bonchev–Trinajstić information content (AvgIpc) is 2.50. The third-order valence-electron chi connectivity index (χ3n) is 4.26. The van der Waals surface area contributed by atoms with Crippen LogP contribution in [-0.2, 0) is 0 Å². The summed E-state index contributed by atoms with van der Waals surface area (Å²) >= 11 is 0. The quantitative estimate of drug-likeness (QED) is 0.874. The van der Waals surface area contributed by atoms with Crippen molar-refractivity contribution in [1.82, 2.24) is 10.2 Å². The van der Waals surface area contributed by atoms with Crippen molar-refractivity contribution in [2.45, 2.75) is 26.3 Å². The van der Waals surface area contributed by atoms with E-state index in [2.05, 4.69) is 24.1 Å². The van der Waals surface area contributed by atoms with Gasteiger partial charge in [-0.3, -0.25) is 4.90 Å². The molecule has 1 unspecified atom stereocenters. The van der Waals surface area contributed by atoms with Gasteiger partial charge in [0.1, 0.15) is 11.6 Å². The van der Waals surface area contributed by atoms with Gasteiger partial charge in [-0.15, -0.1) is 24.8 Å². The third-order valence-corrected chi connectivity index (χ3v) is 4.26. The van der Waals surface area contributed by atoms with Crippen molar-refractivity contribution in [2.75, 3.05) is 33.3 Å². The van der Waals surface area contributed by atoms with Crippen LogP contribution in [0.25, 0.3) is 0 Å². The number of hydrogen-bond acceptors (Lipinski definition) is 3. The Kier molecular flexibility index (Phi) is 10.0. The summed E-state index contributed by atoms with van der Waals surface area (Å²) in [7, 11) is 1.61. The van der Waals surface area contributed by atoms with Crippen LogP contribution in [0.3, 0.4) is 0 Å². The molecule has 128 valence electrons. The Bertz CT molecular complexity index is 442. The van der Waals surface area contributed by atoms with Gasteiger partial charge < -0.3 is 10.1 Å². The number of nitrogens with one attached hydrogen (secondary N) is 1. The average molecular weight is 353 g/mol. The number of nitrogens with zero attached hydrogens (tertiary/aromatic N) is 1. The van der Waals surface area contributed by atoms with E-state index in [1.54, 1.807) is 13.2 Å². The Labute approximate surface area is 145 Å². The molecule has 22 heavy (non-hydrogen) atoms. The molecule has 0 spiro atoms. The van der Waals surface area contributed by atoms with Gasteiger partial charge in [-0.05, 0) is 18.1 Å². The third kappa shape index (κ3) is 4.72. The first-order chi connectivity index (χ1) is 9.69. The highest BCUT2D eigenvalue weighted by Gasteiger charge is 2.31. The van der Waals surface area contributed by atoms with Gasteiger partial charge >= 0.3 is 0 Å². The molecular formula is C16H27Cl2FN2O. The zero-order valence-electron chi connectivity index (χ0n) is 13.5. The first-order valence-electron chi connectivity index (χ1n) is 7.46. The first-order valence-corrected chi connectivity index (χ1v) is 7.46. The maximum Gasteiger partial charge on any atom is 0.131 e. The number of methoxy groups -OCH3 is 1. The van der Waals surface area contributed by atoms with E-state index < -0.39 is 0 Å². The van der Waals surface area contributed by atoms with Crippen LogP contribution in [0.1, 0.15) is 31.9 Å². The lowest BCUT2D eigenvalue weighted by molar-refractivity contribution is 0.123. The summed E-state index contributed by atoms with van der Waals surface area (Å²) in [5.41, 5.74) is 0.714. The standard InChI is InChI=1S/C16H25FN2O.2ClH/c1-4-12(2)16(19-10-8-18-9-11-19)15-13(17)6-5-7-14(15)20-3;;/h5-7,12,16,18H,4,8-11H2,1-3H3;2*1H/t12?,16-;;/m1../s1. The van der Waals surface area contributed by atoms with E-state index in [0.717, 1.165) is 32.6 Å². The monoisotopic (exact) mass is 352 g/mol. The molecule has 1 aromatic rings. The zero-order chi connectivity index (χ0) is 14.5. The molecule has 1 fully saturated rings. The normalized spacial score (nSPS) is 17.8. The van der Waals surface area contributed by atoms with Gasteiger partial charge in [0, 0.05) is 37.8 Å². The van der Waals surface area contributed by atoms with Crippen molar-refractivity contribution >= 4 is 24.8 Å². The summed E-state index contributed by atoms with van der Waals surface area (Å²) in [6.45, 7) is 8.18.